The van der Waals surface area contributed by atoms with Crippen molar-refractivity contribution in [3.8, 4) is 17.0 Å². The van der Waals surface area contributed by atoms with Gasteiger partial charge in [-0.25, -0.2) is 4.98 Å². The van der Waals surface area contributed by atoms with Gasteiger partial charge in [-0.15, -0.1) is 0 Å². The second kappa shape index (κ2) is 6.69. The first-order valence-electron chi connectivity index (χ1n) is 9.57. The van der Waals surface area contributed by atoms with Crippen LogP contribution in [0.5, 0.6) is 5.75 Å². The topological polar surface area (TPSA) is 94.1 Å². The van der Waals surface area contributed by atoms with Crippen LogP contribution >= 0.6 is 0 Å². The summed E-state index contributed by atoms with van der Waals surface area (Å²) >= 11 is 0. The number of rotatable bonds is 2. The Hall–Kier alpha value is -3.14. The number of alkyl halides is 3. The molecule has 0 saturated carbocycles. The first-order chi connectivity index (χ1) is 14.3. The van der Waals surface area contributed by atoms with Crippen LogP contribution in [0.3, 0.4) is 0 Å². The van der Waals surface area contributed by atoms with Crippen LogP contribution in [0.1, 0.15) is 16.1 Å². The summed E-state index contributed by atoms with van der Waals surface area (Å²) in [5, 5.41) is 18.2. The van der Waals surface area contributed by atoms with Crippen LogP contribution in [0.2, 0.25) is 0 Å². The van der Waals surface area contributed by atoms with Crippen molar-refractivity contribution in [3.63, 3.8) is 0 Å². The minimum Gasteiger partial charge on any atom is -0.508 e. The maximum Gasteiger partial charge on any atom is 0.435 e. The molecule has 30 heavy (non-hydrogen) atoms. The molecule has 2 atom stereocenters. The summed E-state index contributed by atoms with van der Waals surface area (Å²) in [6, 6.07) is 7.46. The highest BCUT2D eigenvalue weighted by atomic mass is 19.4. The third-order valence-electron chi connectivity index (χ3n) is 5.87. The number of carbonyl (C=O) groups excluding carboxylic acids is 1. The van der Waals surface area contributed by atoms with Crippen LogP contribution in [0.25, 0.3) is 22.3 Å². The summed E-state index contributed by atoms with van der Waals surface area (Å²) < 4.78 is 40.7. The number of H-pyrrole nitrogens is 1. The third kappa shape index (κ3) is 3.07. The zero-order valence-corrected chi connectivity index (χ0v) is 15.7. The van der Waals surface area contributed by atoms with Crippen LogP contribution in [0.15, 0.2) is 30.3 Å². The van der Waals surface area contributed by atoms with Crippen LogP contribution in [0.4, 0.5) is 13.2 Å². The van der Waals surface area contributed by atoms with Gasteiger partial charge in [-0.05, 0) is 42.2 Å². The van der Waals surface area contributed by atoms with Crippen molar-refractivity contribution in [1.29, 1.82) is 0 Å². The summed E-state index contributed by atoms with van der Waals surface area (Å²) in [7, 11) is 0. The van der Waals surface area contributed by atoms with Gasteiger partial charge in [0.25, 0.3) is 5.91 Å². The SMILES string of the molecule is O=C(c1cc(-c2ccc(O)cc2)nc2[nH]nc(C(F)(F)F)c12)N1CC2CNCC2C1. The van der Waals surface area contributed by atoms with Gasteiger partial charge in [0, 0.05) is 31.7 Å². The number of likely N-dealkylation sites (tertiary alicyclic amines) is 1. The Balaban J connectivity index is 1.64. The summed E-state index contributed by atoms with van der Waals surface area (Å²) in [6.07, 6.45) is -4.72. The first kappa shape index (κ1) is 18.9. The number of aromatic hydroxyl groups is 1. The van der Waals surface area contributed by atoms with E-state index in [-0.39, 0.29) is 22.3 Å². The number of hydrogen-bond donors (Lipinski definition) is 3. The lowest BCUT2D eigenvalue weighted by atomic mass is 10.0. The molecule has 2 saturated heterocycles. The molecule has 2 fully saturated rings. The Labute approximate surface area is 168 Å². The molecule has 3 aromatic rings. The zero-order valence-electron chi connectivity index (χ0n) is 15.7. The molecule has 1 aromatic carbocycles. The number of benzene rings is 1. The number of nitrogens with one attached hydrogen (secondary N) is 2. The number of phenols is 1. The predicted molar refractivity (Wildman–Crippen MR) is 102 cm³/mol. The monoisotopic (exact) mass is 417 g/mol. The quantitative estimate of drug-likeness (QED) is 0.596. The van der Waals surface area contributed by atoms with Crippen molar-refractivity contribution in [2.24, 2.45) is 11.8 Å². The van der Waals surface area contributed by atoms with E-state index >= 15 is 0 Å². The molecular weight excluding hydrogens is 399 g/mol. The van der Waals surface area contributed by atoms with E-state index in [0.29, 0.717) is 36.2 Å². The fraction of sp³-hybridized carbons (Fsp3) is 0.350. The van der Waals surface area contributed by atoms with Gasteiger partial charge in [0.15, 0.2) is 11.3 Å². The number of aromatic nitrogens is 3. The van der Waals surface area contributed by atoms with Gasteiger partial charge in [-0.3, -0.25) is 9.89 Å². The largest absolute Gasteiger partial charge is 0.508 e. The molecule has 2 aliphatic heterocycles. The highest BCUT2D eigenvalue weighted by molar-refractivity contribution is 6.07. The minimum absolute atomic E-state index is 0.0502. The fourth-order valence-corrected chi connectivity index (χ4v) is 4.38. The number of pyridine rings is 1. The van der Waals surface area contributed by atoms with E-state index in [1.807, 2.05) is 0 Å². The van der Waals surface area contributed by atoms with Crippen molar-refractivity contribution in [1.82, 2.24) is 25.4 Å². The van der Waals surface area contributed by atoms with Crippen LogP contribution < -0.4 is 5.32 Å². The summed E-state index contributed by atoms with van der Waals surface area (Å²) in [6.45, 7) is 2.62. The molecule has 10 heteroatoms. The fourth-order valence-electron chi connectivity index (χ4n) is 4.38. The summed E-state index contributed by atoms with van der Waals surface area (Å²) in [5.74, 6) is 0.224. The van der Waals surface area contributed by atoms with E-state index in [2.05, 4.69) is 20.5 Å². The number of nitrogens with zero attached hydrogens (tertiary/aromatic N) is 3. The van der Waals surface area contributed by atoms with Crippen molar-refractivity contribution in [3.05, 3.63) is 41.6 Å². The Bertz CT molecular complexity index is 1110. The molecule has 2 aromatic heterocycles. The molecule has 0 bridgehead atoms. The second-order valence-electron chi connectivity index (χ2n) is 7.78. The van der Waals surface area contributed by atoms with Crippen molar-refractivity contribution >= 4 is 16.9 Å². The zero-order chi connectivity index (χ0) is 21.0. The van der Waals surface area contributed by atoms with Crippen molar-refractivity contribution in [2.75, 3.05) is 26.2 Å². The van der Waals surface area contributed by atoms with Gasteiger partial charge in [0.1, 0.15) is 5.75 Å². The van der Waals surface area contributed by atoms with Crippen molar-refractivity contribution in [2.45, 2.75) is 6.18 Å². The van der Waals surface area contributed by atoms with E-state index in [4.69, 9.17) is 0 Å². The number of halogens is 3. The van der Waals surface area contributed by atoms with Crippen LogP contribution in [-0.2, 0) is 6.18 Å². The molecule has 2 aliphatic rings. The molecule has 5 rings (SSSR count). The molecule has 4 heterocycles. The first-order valence-corrected chi connectivity index (χ1v) is 9.57. The lowest BCUT2D eigenvalue weighted by Crippen LogP contribution is -2.32. The standard InChI is InChI=1S/C20H18F3N5O2/c21-20(22,23)17-16-14(19(30)28-8-11-6-24-7-12(11)9-28)5-15(25-18(16)27-26-17)10-1-3-13(29)4-2-10/h1-5,11-12,24,29H,6-9H2,(H,25,26,27). The van der Waals surface area contributed by atoms with Gasteiger partial charge < -0.3 is 15.3 Å². The maximum atomic E-state index is 13.6. The number of phenolic OH excluding ortho intramolecular Hbond substituents is 1. The predicted octanol–water partition coefficient (Wildman–Crippen LogP) is 2.64. The maximum absolute atomic E-state index is 13.6. The van der Waals surface area contributed by atoms with E-state index in [1.165, 1.54) is 18.2 Å². The van der Waals surface area contributed by atoms with Gasteiger partial charge in [0.05, 0.1) is 16.6 Å². The van der Waals surface area contributed by atoms with E-state index in [1.54, 1.807) is 17.0 Å². The molecular formula is C20H18F3N5O2. The van der Waals surface area contributed by atoms with Crippen LogP contribution in [-0.4, -0.2) is 57.3 Å². The molecule has 0 radical (unpaired) electrons. The smallest absolute Gasteiger partial charge is 0.435 e. The highest BCUT2D eigenvalue weighted by Gasteiger charge is 2.41. The molecule has 2 unspecified atom stereocenters. The van der Waals surface area contributed by atoms with Crippen molar-refractivity contribution < 1.29 is 23.1 Å². The summed E-state index contributed by atoms with van der Waals surface area (Å²) in [5.41, 5.74) is -0.431. The Morgan fingerprint density at radius 3 is 2.43 bits per heavy atom. The highest BCUT2D eigenvalue weighted by Crippen LogP contribution is 2.37. The number of fused-ring (bicyclic) bond motifs is 2. The van der Waals surface area contributed by atoms with Crippen LogP contribution in [0, 0.1) is 11.8 Å². The Morgan fingerprint density at radius 1 is 1.13 bits per heavy atom. The second-order valence-corrected chi connectivity index (χ2v) is 7.78. The van der Waals surface area contributed by atoms with Gasteiger partial charge in [0.2, 0.25) is 0 Å². The lowest BCUT2D eigenvalue weighted by molar-refractivity contribution is -0.139. The third-order valence-corrected chi connectivity index (χ3v) is 5.87. The molecule has 1 amide bonds. The van der Waals surface area contributed by atoms with E-state index in [9.17, 15) is 23.1 Å². The molecule has 0 spiro atoms. The summed E-state index contributed by atoms with van der Waals surface area (Å²) in [4.78, 5) is 19.2. The number of amides is 1. The Morgan fingerprint density at radius 2 is 1.80 bits per heavy atom. The van der Waals surface area contributed by atoms with Gasteiger partial charge >= 0.3 is 6.18 Å². The lowest BCUT2D eigenvalue weighted by Gasteiger charge is -2.19. The minimum atomic E-state index is -4.72. The average Bonchev–Trinajstić information content (AvgIpc) is 3.41. The number of hydrogen-bond acceptors (Lipinski definition) is 5. The van der Waals surface area contributed by atoms with Gasteiger partial charge in [-0.2, -0.15) is 18.3 Å². The molecule has 0 aliphatic carbocycles. The van der Waals surface area contributed by atoms with E-state index < -0.39 is 17.8 Å². The average molecular weight is 417 g/mol. The number of aromatic amines is 1. The molecule has 3 N–H and O–H groups in total. The van der Waals surface area contributed by atoms with Gasteiger partial charge in [-0.1, -0.05) is 0 Å². The number of carbonyl (C=O) groups is 1. The molecule has 156 valence electrons. The van der Waals surface area contributed by atoms with E-state index in [0.717, 1.165) is 13.1 Å². The molecule has 7 nitrogen and oxygen atoms in total. The normalized spacial score (nSPS) is 21.4. The Kier molecular flexibility index (Phi) is 4.21.